The molecule has 2 aromatic rings. The quantitative estimate of drug-likeness (QED) is 0.805. The fraction of sp³-hybridized carbons (Fsp3) is 0.500. The Morgan fingerprint density at radius 2 is 2.04 bits per heavy atom. The van der Waals surface area contributed by atoms with Gasteiger partial charge < -0.3 is 24.5 Å². The summed E-state index contributed by atoms with van der Waals surface area (Å²) in [6.45, 7) is 6.23. The van der Waals surface area contributed by atoms with Crippen LogP contribution in [0.2, 0.25) is 0 Å². The fourth-order valence-corrected chi connectivity index (χ4v) is 3.59. The predicted molar refractivity (Wildman–Crippen MR) is 101 cm³/mol. The van der Waals surface area contributed by atoms with E-state index < -0.39 is 5.60 Å². The number of aryl methyl sites for hydroxylation is 2. The number of likely N-dealkylation sites (tertiary alicyclic amines) is 1. The van der Waals surface area contributed by atoms with Crippen LogP contribution < -0.4 is 10.1 Å². The third-order valence-electron chi connectivity index (χ3n) is 5.11. The van der Waals surface area contributed by atoms with Gasteiger partial charge in [0.1, 0.15) is 5.75 Å². The summed E-state index contributed by atoms with van der Waals surface area (Å²) in [4.78, 5) is 18.5. The van der Waals surface area contributed by atoms with E-state index in [1.165, 1.54) is 0 Å². The molecule has 1 aliphatic rings. The average molecular weight is 373 g/mol. The van der Waals surface area contributed by atoms with Crippen LogP contribution in [-0.2, 0) is 5.60 Å². The Morgan fingerprint density at radius 3 is 2.67 bits per heavy atom. The van der Waals surface area contributed by atoms with Crippen LogP contribution in [0.1, 0.15) is 40.5 Å². The van der Waals surface area contributed by atoms with Crippen molar-refractivity contribution in [2.24, 2.45) is 0 Å². The molecule has 0 atom stereocenters. The molecule has 1 aliphatic heterocycles. The number of aliphatic hydroxyl groups is 1. The first-order valence-electron chi connectivity index (χ1n) is 9.23. The second-order valence-electron chi connectivity index (χ2n) is 6.98. The molecule has 0 spiro atoms. The van der Waals surface area contributed by atoms with Crippen molar-refractivity contribution in [2.75, 3.05) is 33.3 Å². The van der Waals surface area contributed by atoms with Crippen molar-refractivity contribution >= 4 is 5.91 Å². The van der Waals surface area contributed by atoms with E-state index in [9.17, 15) is 9.90 Å². The summed E-state index contributed by atoms with van der Waals surface area (Å²) in [7, 11) is 1.62. The number of benzene rings is 1. The number of hydrogen-bond acceptors (Lipinski definition) is 6. The number of hydrogen-bond donors (Lipinski definition) is 2. The second kappa shape index (κ2) is 8.10. The highest BCUT2D eigenvalue weighted by Gasteiger charge is 2.35. The average Bonchev–Trinajstić information content (AvgIpc) is 3.01. The van der Waals surface area contributed by atoms with E-state index in [4.69, 9.17) is 9.15 Å². The van der Waals surface area contributed by atoms with Gasteiger partial charge in [-0.05, 0) is 25.8 Å². The zero-order valence-electron chi connectivity index (χ0n) is 16.1. The number of piperidine rings is 1. The minimum atomic E-state index is -0.874. The maximum absolute atomic E-state index is 12.2. The number of oxazole rings is 1. The minimum Gasteiger partial charge on any atom is -0.496 e. The highest BCUT2D eigenvalue weighted by atomic mass is 16.5. The molecule has 1 fully saturated rings. The van der Waals surface area contributed by atoms with Crippen molar-refractivity contribution in [3.05, 3.63) is 47.2 Å². The van der Waals surface area contributed by atoms with Crippen LogP contribution in [-0.4, -0.2) is 54.2 Å². The molecule has 0 bridgehead atoms. The third kappa shape index (κ3) is 4.31. The van der Waals surface area contributed by atoms with E-state index in [0.717, 1.165) is 30.9 Å². The Balaban J connectivity index is 1.50. The van der Waals surface area contributed by atoms with Gasteiger partial charge in [-0.3, -0.25) is 4.79 Å². The van der Waals surface area contributed by atoms with Crippen LogP contribution in [0, 0.1) is 13.8 Å². The fourth-order valence-electron chi connectivity index (χ4n) is 3.59. The van der Waals surface area contributed by atoms with Gasteiger partial charge in [0, 0.05) is 38.7 Å². The normalized spacial score (nSPS) is 16.9. The van der Waals surface area contributed by atoms with Gasteiger partial charge in [-0.2, -0.15) is 0 Å². The Labute approximate surface area is 159 Å². The summed E-state index contributed by atoms with van der Waals surface area (Å²) < 4.78 is 10.7. The van der Waals surface area contributed by atoms with Crippen molar-refractivity contribution in [1.29, 1.82) is 0 Å². The maximum atomic E-state index is 12.2. The van der Waals surface area contributed by atoms with E-state index >= 15 is 0 Å². The predicted octanol–water partition coefficient (Wildman–Crippen LogP) is 2.01. The molecule has 1 aromatic carbocycles. The second-order valence-corrected chi connectivity index (χ2v) is 6.98. The number of nitrogens with zero attached hydrogens (tertiary/aromatic N) is 2. The Hall–Kier alpha value is -2.38. The molecule has 27 heavy (non-hydrogen) atoms. The summed E-state index contributed by atoms with van der Waals surface area (Å²) >= 11 is 0. The Bertz CT molecular complexity index is 794. The van der Waals surface area contributed by atoms with E-state index in [2.05, 4.69) is 15.2 Å². The van der Waals surface area contributed by atoms with Gasteiger partial charge in [0.05, 0.1) is 18.4 Å². The maximum Gasteiger partial charge on any atom is 0.289 e. The Morgan fingerprint density at radius 1 is 1.33 bits per heavy atom. The number of ether oxygens (including phenoxy) is 1. The van der Waals surface area contributed by atoms with Gasteiger partial charge in [-0.15, -0.1) is 0 Å². The van der Waals surface area contributed by atoms with Gasteiger partial charge in [-0.1, -0.05) is 18.2 Å². The first kappa shape index (κ1) is 19.4. The highest BCUT2D eigenvalue weighted by Crippen LogP contribution is 2.37. The lowest BCUT2D eigenvalue weighted by Gasteiger charge is -2.39. The molecule has 7 nitrogen and oxygen atoms in total. The van der Waals surface area contributed by atoms with Crippen molar-refractivity contribution < 1.29 is 19.1 Å². The van der Waals surface area contributed by atoms with Crippen LogP contribution in [0.4, 0.5) is 0 Å². The van der Waals surface area contributed by atoms with Crippen LogP contribution in [0.3, 0.4) is 0 Å². The van der Waals surface area contributed by atoms with Gasteiger partial charge in [-0.25, -0.2) is 4.98 Å². The first-order valence-corrected chi connectivity index (χ1v) is 9.23. The molecule has 146 valence electrons. The molecule has 7 heteroatoms. The van der Waals surface area contributed by atoms with Gasteiger partial charge in [0.2, 0.25) is 5.76 Å². The molecule has 0 radical (unpaired) electrons. The minimum absolute atomic E-state index is 0.240. The molecule has 3 rings (SSSR count). The molecule has 2 N–H and O–H groups in total. The van der Waals surface area contributed by atoms with Crippen molar-refractivity contribution in [3.8, 4) is 5.75 Å². The van der Waals surface area contributed by atoms with Gasteiger partial charge in [0.25, 0.3) is 5.91 Å². The summed E-state index contributed by atoms with van der Waals surface area (Å²) in [5.74, 6) is 1.25. The number of nitrogens with one attached hydrogen (secondary N) is 1. The van der Waals surface area contributed by atoms with Crippen LogP contribution >= 0.6 is 0 Å². The summed E-state index contributed by atoms with van der Waals surface area (Å²) in [6.07, 6.45) is 1.25. The largest absolute Gasteiger partial charge is 0.496 e. The van der Waals surface area contributed by atoms with E-state index in [1.54, 1.807) is 21.0 Å². The molecule has 1 aromatic heterocycles. The molecule has 2 heterocycles. The lowest BCUT2D eigenvalue weighted by molar-refractivity contribution is -0.0270. The van der Waals surface area contributed by atoms with Crippen molar-refractivity contribution in [2.45, 2.75) is 32.3 Å². The summed E-state index contributed by atoms with van der Waals surface area (Å²) in [5, 5.41) is 13.9. The van der Waals surface area contributed by atoms with Crippen molar-refractivity contribution in [3.63, 3.8) is 0 Å². The molecule has 0 unspecified atom stereocenters. The smallest absolute Gasteiger partial charge is 0.289 e. The number of amides is 1. The lowest BCUT2D eigenvalue weighted by atomic mass is 9.84. The van der Waals surface area contributed by atoms with E-state index in [-0.39, 0.29) is 11.7 Å². The number of para-hydroxylation sites is 1. The number of carbonyl (C=O) groups is 1. The van der Waals surface area contributed by atoms with Crippen LogP contribution in [0.5, 0.6) is 5.75 Å². The number of aromatic nitrogens is 1. The molecular formula is C20H27N3O4. The van der Waals surface area contributed by atoms with Gasteiger partial charge >= 0.3 is 0 Å². The lowest BCUT2D eigenvalue weighted by Crippen LogP contribution is -2.45. The number of methoxy groups -OCH3 is 1. The SMILES string of the molecule is COc1ccccc1C1(O)CCN(CCNC(=O)c2oc(C)nc2C)CC1. The molecule has 1 saturated heterocycles. The van der Waals surface area contributed by atoms with Crippen LogP contribution in [0.25, 0.3) is 0 Å². The standard InChI is InChI=1S/C20H27N3O4/c1-14-18(27-15(2)22-14)19(24)21-10-13-23-11-8-20(25,9-12-23)16-6-4-5-7-17(16)26-3/h4-7,25H,8-13H2,1-3H3,(H,21,24). The zero-order valence-corrected chi connectivity index (χ0v) is 16.1. The van der Waals surface area contributed by atoms with E-state index in [0.29, 0.717) is 31.0 Å². The molecular weight excluding hydrogens is 346 g/mol. The monoisotopic (exact) mass is 373 g/mol. The van der Waals surface area contributed by atoms with E-state index in [1.807, 2.05) is 24.3 Å². The third-order valence-corrected chi connectivity index (χ3v) is 5.11. The topological polar surface area (TPSA) is 87.8 Å². The molecule has 0 saturated carbocycles. The Kier molecular flexibility index (Phi) is 5.82. The van der Waals surface area contributed by atoms with Crippen molar-refractivity contribution in [1.82, 2.24) is 15.2 Å². The highest BCUT2D eigenvalue weighted by molar-refractivity contribution is 5.92. The van der Waals surface area contributed by atoms with Gasteiger partial charge in [0.15, 0.2) is 5.89 Å². The summed E-state index contributed by atoms with van der Waals surface area (Å²) in [5.41, 5.74) is 0.572. The first-order chi connectivity index (χ1) is 12.9. The number of carbonyl (C=O) groups excluding carboxylic acids is 1. The molecule has 0 aliphatic carbocycles. The van der Waals surface area contributed by atoms with Crippen LogP contribution in [0.15, 0.2) is 28.7 Å². The summed E-state index contributed by atoms with van der Waals surface area (Å²) in [6, 6.07) is 7.63. The number of rotatable bonds is 6. The zero-order chi connectivity index (χ0) is 19.4. The molecule has 1 amide bonds.